The molecule has 1 saturated heterocycles. The highest BCUT2D eigenvalue weighted by Crippen LogP contribution is 2.05. The van der Waals surface area contributed by atoms with Gasteiger partial charge in [0.25, 0.3) is 5.56 Å². The number of rotatable bonds is 4. The second-order valence-corrected chi connectivity index (χ2v) is 5.24. The third-order valence-corrected chi connectivity index (χ3v) is 3.61. The first kappa shape index (κ1) is 13.0. The average Bonchev–Trinajstić information content (AvgIpc) is 2.36. The predicted octanol–water partition coefficient (Wildman–Crippen LogP) is 0.616. The number of nitrogens with zero attached hydrogens (tertiary/aromatic N) is 2. The minimum absolute atomic E-state index is 0.0365. The third kappa shape index (κ3) is 3.75. The first-order valence-corrected chi connectivity index (χ1v) is 6.86. The van der Waals surface area contributed by atoms with Gasteiger partial charge in [0.05, 0.1) is 9.90 Å². The number of ether oxygens (including phenoxy) is 1. The maximum atomic E-state index is 11.7. The molecule has 0 bridgehead atoms. The van der Waals surface area contributed by atoms with E-state index in [1.165, 1.54) is 0 Å². The third-order valence-electron chi connectivity index (χ3n) is 2.87. The lowest BCUT2D eigenvalue weighted by atomic mass is 10.1. The van der Waals surface area contributed by atoms with Crippen molar-refractivity contribution in [3.05, 3.63) is 26.4 Å². The smallest absolute Gasteiger partial charge is 0.266 e. The molecule has 6 heteroatoms. The molecule has 0 radical (unpaired) electrons. The Kier molecular flexibility index (Phi) is 4.93. The molecule has 1 aliphatic rings. The van der Waals surface area contributed by atoms with Gasteiger partial charge < -0.3 is 10.1 Å². The van der Waals surface area contributed by atoms with E-state index in [9.17, 15) is 4.79 Å². The normalized spacial score (nSPS) is 17.2. The van der Waals surface area contributed by atoms with Gasteiger partial charge >= 0.3 is 0 Å². The van der Waals surface area contributed by atoms with Crippen LogP contribution in [0.1, 0.15) is 12.8 Å². The molecule has 0 spiro atoms. The van der Waals surface area contributed by atoms with Crippen LogP contribution < -0.4 is 10.9 Å². The fourth-order valence-electron chi connectivity index (χ4n) is 1.87. The van der Waals surface area contributed by atoms with Crippen LogP contribution in [0.3, 0.4) is 0 Å². The van der Waals surface area contributed by atoms with Gasteiger partial charge in [0.15, 0.2) is 0 Å². The number of nitrogens with one attached hydrogen (secondary N) is 1. The maximum Gasteiger partial charge on any atom is 0.266 e. The van der Waals surface area contributed by atoms with Crippen LogP contribution in [0.15, 0.2) is 17.3 Å². The fourth-order valence-corrected chi connectivity index (χ4v) is 2.34. The summed E-state index contributed by atoms with van der Waals surface area (Å²) >= 11 is 2.01. The van der Waals surface area contributed by atoms with Crippen LogP contribution in [-0.2, 0) is 11.3 Å². The van der Waals surface area contributed by atoms with Crippen LogP contribution in [0.4, 0.5) is 0 Å². The molecular formula is C11H16IN3O2. The fraction of sp³-hybridized carbons (Fsp3) is 0.636. The molecule has 0 aliphatic carbocycles. The molecule has 17 heavy (non-hydrogen) atoms. The second kappa shape index (κ2) is 6.46. The summed E-state index contributed by atoms with van der Waals surface area (Å²) in [5, 5.41) is 3.45. The summed E-state index contributed by atoms with van der Waals surface area (Å²) < 4.78 is 7.60. The van der Waals surface area contributed by atoms with Crippen LogP contribution in [0.2, 0.25) is 0 Å². The molecule has 0 amide bonds. The zero-order valence-corrected chi connectivity index (χ0v) is 11.7. The van der Waals surface area contributed by atoms with Gasteiger partial charge in [-0.15, -0.1) is 0 Å². The lowest BCUT2D eigenvalue weighted by Gasteiger charge is -2.23. The van der Waals surface area contributed by atoms with E-state index >= 15 is 0 Å². The zero-order valence-electron chi connectivity index (χ0n) is 9.56. The molecule has 0 atom stereocenters. The van der Waals surface area contributed by atoms with Gasteiger partial charge in [-0.2, -0.15) is 0 Å². The molecule has 1 aromatic rings. The SMILES string of the molecule is O=c1c(I)cncn1CCNC1CCOCC1. The summed E-state index contributed by atoms with van der Waals surface area (Å²) in [5.74, 6) is 0. The van der Waals surface area contributed by atoms with Crippen molar-refractivity contribution in [3.8, 4) is 0 Å². The molecule has 1 aromatic heterocycles. The Labute approximate surface area is 114 Å². The maximum absolute atomic E-state index is 11.7. The van der Waals surface area contributed by atoms with E-state index in [0.29, 0.717) is 16.2 Å². The lowest BCUT2D eigenvalue weighted by molar-refractivity contribution is 0.0778. The largest absolute Gasteiger partial charge is 0.381 e. The highest BCUT2D eigenvalue weighted by molar-refractivity contribution is 14.1. The van der Waals surface area contributed by atoms with Crippen molar-refractivity contribution in [2.75, 3.05) is 19.8 Å². The summed E-state index contributed by atoms with van der Waals surface area (Å²) in [6, 6.07) is 0.523. The van der Waals surface area contributed by atoms with Crippen LogP contribution in [0.25, 0.3) is 0 Å². The number of hydrogen-bond donors (Lipinski definition) is 1. The number of aromatic nitrogens is 2. The number of hydrogen-bond acceptors (Lipinski definition) is 4. The van der Waals surface area contributed by atoms with Crippen molar-refractivity contribution in [2.24, 2.45) is 0 Å². The van der Waals surface area contributed by atoms with Gasteiger partial charge in [0.1, 0.15) is 0 Å². The summed E-state index contributed by atoms with van der Waals surface area (Å²) in [7, 11) is 0. The molecular weight excluding hydrogens is 333 g/mol. The zero-order chi connectivity index (χ0) is 12.1. The van der Waals surface area contributed by atoms with E-state index < -0.39 is 0 Å². The van der Waals surface area contributed by atoms with Crippen LogP contribution in [-0.4, -0.2) is 35.4 Å². The van der Waals surface area contributed by atoms with E-state index in [4.69, 9.17) is 4.74 Å². The Balaban J connectivity index is 1.81. The van der Waals surface area contributed by atoms with Crippen molar-refractivity contribution in [1.82, 2.24) is 14.9 Å². The van der Waals surface area contributed by atoms with Crippen molar-refractivity contribution in [3.63, 3.8) is 0 Å². The molecule has 94 valence electrons. The van der Waals surface area contributed by atoms with E-state index in [0.717, 1.165) is 32.6 Å². The minimum Gasteiger partial charge on any atom is -0.381 e. The Hall–Kier alpha value is -0.470. The quantitative estimate of drug-likeness (QED) is 0.810. The Morgan fingerprint density at radius 3 is 3.06 bits per heavy atom. The van der Waals surface area contributed by atoms with E-state index in [-0.39, 0.29) is 5.56 Å². The first-order valence-electron chi connectivity index (χ1n) is 5.78. The van der Waals surface area contributed by atoms with Crippen molar-refractivity contribution < 1.29 is 4.74 Å². The monoisotopic (exact) mass is 349 g/mol. The summed E-state index contributed by atoms with van der Waals surface area (Å²) in [5.41, 5.74) is 0.0365. The molecule has 1 aliphatic heterocycles. The lowest BCUT2D eigenvalue weighted by Crippen LogP contribution is -2.38. The summed E-state index contributed by atoms with van der Waals surface area (Å²) in [6.07, 6.45) is 5.29. The molecule has 1 fully saturated rings. The van der Waals surface area contributed by atoms with Crippen molar-refractivity contribution in [1.29, 1.82) is 0 Å². The van der Waals surface area contributed by atoms with Crippen LogP contribution >= 0.6 is 22.6 Å². The van der Waals surface area contributed by atoms with Gasteiger partial charge in [-0.05, 0) is 35.4 Å². The summed E-state index contributed by atoms with van der Waals surface area (Å²) in [4.78, 5) is 15.7. The standard InChI is InChI=1S/C11H16IN3O2/c12-10-7-13-8-15(11(10)16)4-3-14-9-1-5-17-6-2-9/h7-9,14H,1-6H2. The minimum atomic E-state index is 0.0365. The van der Waals surface area contributed by atoms with Gasteiger partial charge in [-0.25, -0.2) is 4.98 Å². The number of halogens is 1. The molecule has 2 rings (SSSR count). The molecule has 5 nitrogen and oxygen atoms in total. The average molecular weight is 349 g/mol. The molecule has 0 unspecified atom stereocenters. The second-order valence-electron chi connectivity index (χ2n) is 4.08. The predicted molar refractivity (Wildman–Crippen MR) is 73.1 cm³/mol. The van der Waals surface area contributed by atoms with Crippen molar-refractivity contribution in [2.45, 2.75) is 25.4 Å². The van der Waals surface area contributed by atoms with Crippen LogP contribution in [0.5, 0.6) is 0 Å². The molecule has 1 N–H and O–H groups in total. The Morgan fingerprint density at radius 2 is 2.29 bits per heavy atom. The van der Waals surface area contributed by atoms with E-state index in [1.54, 1.807) is 17.1 Å². The molecule has 0 aromatic carbocycles. The Bertz CT molecular complexity index is 415. The van der Waals surface area contributed by atoms with Crippen LogP contribution in [0, 0.1) is 3.57 Å². The molecule has 0 saturated carbocycles. The topological polar surface area (TPSA) is 56.2 Å². The highest BCUT2D eigenvalue weighted by Gasteiger charge is 2.12. The van der Waals surface area contributed by atoms with Gasteiger partial charge in [-0.1, -0.05) is 0 Å². The molecule has 2 heterocycles. The van der Waals surface area contributed by atoms with E-state index in [2.05, 4.69) is 10.3 Å². The van der Waals surface area contributed by atoms with Gasteiger partial charge in [-0.3, -0.25) is 9.36 Å². The van der Waals surface area contributed by atoms with Gasteiger partial charge in [0.2, 0.25) is 0 Å². The highest BCUT2D eigenvalue weighted by atomic mass is 127. The summed E-state index contributed by atoms with van der Waals surface area (Å²) in [6.45, 7) is 3.14. The first-order chi connectivity index (χ1) is 8.27. The van der Waals surface area contributed by atoms with Crippen molar-refractivity contribution >= 4 is 22.6 Å². The van der Waals surface area contributed by atoms with E-state index in [1.807, 2.05) is 22.6 Å². The van der Waals surface area contributed by atoms with Gasteiger partial charge in [0, 0.05) is 38.5 Å². The Morgan fingerprint density at radius 1 is 1.53 bits per heavy atom.